The molecule has 0 unspecified atom stereocenters. The number of nitro benzene ring substituents is 1. The zero-order valence-corrected chi connectivity index (χ0v) is 21.2. The van der Waals surface area contributed by atoms with Crippen LogP contribution >= 0.6 is 0 Å². The Morgan fingerprint density at radius 1 is 0.872 bits per heavy atom. The summed E-state index contributed by atoms with van der Waals surface area (Å²) in [6.45, 7) is 2.75. The van der Waals surface area contributed by atoms with E-state index in [4.69, 9.17) is 9.47 Å². The normalized spacial score (nSPS) is 13.9. The molecule has 194 valence electrons. The van der Waals surface area contributed by atoms with Crippen LogP contribution in [0.5, 0.6) is 11.5 Å². The van der Waals surface area contributed by atoms with E-state index in [1.165, 1.54) is 29.3 Å². The lowest BCUT2D eigenvalue weighted by atomic mass is 10.00. The van der Waals surface area contributed by atoms with E-state index in [0.29, 0.717) is 41.7 Å². The molecule has 0 saturated heterocycles. The molecule has 0 saturated carbocycles. The van der Waals surface area contributed by atoms with E-state index < -0.39 is 4.92 Å². The molecule has 1 amide bonds. The van der Waals surface area contributed by atoms with Crippen molar-refractivity contribution in [1.29, 1.82) is 0 Å². The number of non-ortho nitro benzene ring substituents is 1. The fraction of sp³-hybridized carbons (Fsp3) is 0.0968. The van der Waals surface area contributed by atoms with Gasteiger partial charge in [0.25, 0.3) is 11.6 Å². The predicted octanol–water partition coefficient (Wildman–Crippen LogP) is 6.41. The molecule has 39 heavy (non-hydrogen) atoms. The number of hydrogen-bond acceptors (Lipinski definition) is 6. The first kappa shape index (κ1) is 25.4. The first-order valence-electron chi connectivity index (χ1n) is 12.4. The second kappa shape index (κ2) is 11.4. The number of carbonyl (C=O) groups excluding carboxylic acids is 1. The third-order valence-electron chi connectivity index (χ3n) is 6.05. The van der Waals surface area contributed by atoms with E-state index in [2.05, 4.69) is 5.10 Å². The lowest BCUT2D eigenvalue weighted by Crippen LogP contribution is -2.21. The maximum Gasteiger partial charge on any atom is 0.281 e. The lowest BCUT2D eigenvalue weighted by Gasteiger charge is -2.13. The van der Waals surface area contributed by atoms with Crippen molar-refractivity contribution < 1.29 is 19.2 Å². The number of anilines is 1. The van der Waals surface area contributed by atoms with Gasteiger partial charge in [-0.3, -0.25) is 14.9 Å². The highest BCUT2D eigenvalue weighted by Gasteiger charge is 2.32. The Labute approximate surface area is 225 Å². The van der Waals surface area contributed by atoms with Crippen LogP contribution in [0.25, 0.3) is 6.08 Å². The maximum absolute atomic E-state index is 13.6. The number of carbonyl (C=O) groups is 1. The van der Waals surface area contributed by atoms with Crippen molar-refractivity contribution in [2.45, 2.75) is 13.5 Å². The van der Waals surface area contributed by atoms with E-state index >= 15 is 0 Å². The number of rotatable bonds is 9. The minimum Gasteiger partial charge on any atom is -0.490 e. The van der Waals surface area contributed by atoms with Gasteiger partial charge in [-0.05, 0) is 48.4 Å². The van der Waals surface area contributed by atoms with Gasteiger partial charge in [0, 0.05) is 17.7 Å². The van der Waals surface area contributed by atoms with Gasteiger partial charge in [-0.2, -0.15) is 10.1 Å². The van der Waals surface area contributed by atoms with E-state index in [9.17, 15) is 14.9 Å². The van der Waals surface area contributed by atoms with Crippen LogP contribution in [0.1, 0.15) is 23.6 Å². The standard InChI is InChI=1S/C31H25N3O5/c1-2-38-29-20-23(13-18-28(29)39-21-22-9-5-3-6-10-22)19-27-30(24-11-7-4-8-12-24)32-33(31(27)35)25-14-16-26(17-15-25)34(36)37/h3-20H,2,21H2,1H3/b27-19-. The molecule has 8 nitrogen and oxygen atoms in total. The molecule has 0 aromatic heterocycles. The molecule has 1 aliphatic rings. The van der Waals surface area contributed by atoms with E-state index in [-0.39, 0.29) is 11.6 Å². The molecule has 0 N–H and O–H groups in total. The quantitative estimate of drug-likeness (QED) is 0.145. The minimum absolute atomic E-state index is 0.0635. The van der Waals surface area contributed by atoms with Crippen molar-refractivity contribution in [3.8, 4) is 11.5 Å². The van der Waals surface area contributed by atoms with Gasteiger partial charge >= 0.3 is 0 Å². The van der Waals surface area contributed by atoms with Crippen LogP contribution in [0, 0.1) is 10.1 Å². The van der Waals surface area contributed by atoms with Crippen LogP contribution in [0.3, 0.4) is 0 Å². The number of hydrazone groups is 1. The fourth-order valence-corrected chi connectivity index (χ4v) is 4.15. The zero-order valence-electron chi connectivity index (χ0n) is 21.2. The van der Waals surface area contributed by atoms with Crippen molar-refractivity contribution in [1.82, 2.24) is 0 Å². The van der Waals surface area contributed by atoms with Crippen molar-refractivity contribution in [2.75, 3.05) is 11.6 Å². The average molecular weight is 520 g/mol. The predicted molar refractivity (Wildman–Crippen MR) is 150 cm³/mol. The molecule has 8 heteroatoms. The van der Waals surface area contributed by atoms with Gasteiger partial charge in [-0.15, -0.1) is 0 Å². The molecule has 0 radical (unpaired) electrons. The molecule has 0 spiro atoms. The third-order valence-corrected chi connectivity index (χ3v) is 6.05. The maximum atomic E-state index is 13.6. The van der Waals surface area contributed by atoms with Crippen LogP contribution < -0.4 is 14.5 Å². The molecular weight excluding hydrogens is 494 g/mol. The van der Waals surface area contributed by atoms with Crippen LogP contribution in [-0.2, 0) is 11.4 Å². The Bertz CT molecular complexity index is 1550. The van der Waals surface area contributed by atoms with Gasteiger partial charge in [0.15, 0.2) is 11.5 Å². The van der Waals surface area contributed by atoms with Crippen LogP contribution in [0.4, 0.5) is 11.4 Å². The number of hydrogen-bond donors (Lipinski definition) is 0. The summed E-state index contributed by atoms with van der Waals surface area (Å²) in [6, 6.07) is 30.5. The number of nitrogens with zero attached hydrogens (tertiary/aromatic N) is 3. The molecule has 0 atom stereocenters. The molecule has 4 aromatic rings. The topological polar surface area (TPSA) is 94.3 Å². The number of ether oxygens (including phenoxy) is 2. The molecular formula is C31H25N3O5. The van der Waals surface area contributed by atoms with Crippen molar-refractivity contribution in [2.24, 2.45) is 5.10 Å². The Morgan fingerprint density at radius 3 is 2.23 bits per heavy atom. The van der Waals surface area contributed by atoms with Gasteiger partial charge in [0.1, 0.15) is 12.3 Å². The van der Waals surface area contributed by atoms with Gasteiger partial charge in [0.05, 0.1) is 22.8 Å². The third kappa shape index (κ3) is 5.70. The Kier molecular flexibility index (Phi) is 7.45. The van der Waals surface area contributed by atoms with Crippen LogP contribution in [-0.4, -0.2) is 23.1 Å². The first-order valence-corrected chi connectivity index (χ1v) is 12.4. The molecule has 4 aromatic carbocycles. The SMILES string of the molecule is CCOc1cc(/C=C2\C(=O)N(c3ccc([N+](=O)[O-])cc3)N=C2c2ccccc2)ccc1OCc1ccccc1. The Hall–Kier alpha value is -5.24. The lowest BCUT2D eigenvalue weighted by molar-refractivity contribution is -0.384. The zero-order chi connectivity index (χ0) is 27.2. The summed E-state index contributed by atoms with van der Waals surface area (Å²) < 4.78 is 11.9. The highest BCUT2D eigenvalue weighted by Crippen LogP contribution is 2.33. The summed E-state index contributed by atoms with van der Waals surface area (Å²) in [5.74, 6) is 0.828. The summed E-state index contributed by atoms with van der Waals surface area (Å²) in [6.07, 6.45) is 1.77. The molecule has 1 heterocycles. The van der Waals surface area contributed by atoms with Crippen molar-refractivity contribution in [3.63, 3.8) is 0 Å². The summed E-state index contributed by atoms with van der Waals surface area (Å²) in [7, 11) is 0. The van der Waals surface area contributed by atoms with Crippen molar-refractivity contribution in [3.05, 3.63) is 136 Å². The summed E-state index contributed by atoms with van der Waals surface area (Å²) in [4.78, 5) is 24.2. The largest absolute Gasteiger partial charge is 0.490 e. The second-order valence-electron chi connectivity index (χ2n) is 8.68. The Morgan fingerprint density at radius 2 is 1.56 bits per heavy atom. The number of amides is 1. The highest BCUT2D eigenvalue weighted by molar-refractivity contribution is 6.37. The number of benzene rings is 4. The van der Waals surface area contributed by atoms with Crippen molar-refractivity contribution >= 4 is 29.1 Å². The van der Waals surface area contributed by atoms with E-state index in [1.54, 1.807) is 6.08 Å². The first-order chi connectivity index (χ1) is 19.0. The fourth-order valence-electron chi connectivity index (χ4n) is 4.15. The smallest absolute Gasteiger partial charge is 0.281 e. The minimum atomic E-state index is -0.483. The van der Waals surface area contributed by atoms with E-state index in [1.807, 2.05) is 85.8 Å². The molecule has 0 aliphatic carbocycles. The molecule has 0 bridgehead atoms. The van der Waals surface area contributed by atoms with E-state index in [0.717, 1.165) is 16.7 Å². The molecule has 1 aliphatic heterocycles. The average Bonchev–Trinajstić information content (AvgIpc) is 3.29. The molecule has 0 fully saturated rings. The summed E-state index contributed by atoms with van der Waals surface area (Å²) in [5, 5.41) is 16.9. The summed E-state index contributed by atoms with van der Waals surface area (Å²) >= 11 is 0. The molecule has 5 rings (SSSR count). The van der Waals surface area contributed by atoms with Crippen LogP contribution in [0.2, 0.25) is 0 Å². The van der Waals surface area contributed by atoms with Gasteiger partial charge in [-0.1, -0.05) is 66.7 Å². The second-order valence-corrected chi connectivity index (χ2v) is 8.68. The Balaban J connectivity index is 1.49. The van der Waals surface area contributed by atoms with Gasteiger partial charge < -0.3 is 9.47 Å². The highest BCUT2D eigenvalue weighted by atomic mass is 16.6. The van der Waals surface area contributed by atoms with Gasteiger partial charge in [0.2, 0.25) is 0 Å². The number of nitro groups is 1. The van der Waals surface area contributed by atoms with Crippen LogP contribution in [0.15, 0.2) is 114 Å². The monoisotopic (exact) mass is 519 g/mol. The van der Waals surface area contributed by atoms with Gasteiger partial charge in [-0.25, -0.2) is 0 Å². The summed E-state index contributed by atoms with van der Waals surface area (Å²) in [5.41, 5.74) is 3.81.